The zero-order chi connectivity index (χ0) is 14.6. The average Bonchev–Trinajstić information content (AvgIpc) is 2.35. The van der Waals surface area contributed by atoms with Gasteiger partial charge >= 0.3 is 0 Å². The second kappa shape index (κ2) is 6.02. The molecule has 5 heteroatoms. The first-order valence-corrected chi connectivity index (χ1v) is 7.89. The molecule has 4 nitrogen and oxygen atoms in total. The first-order valence-electron chi connectivity index (χ1n) is 5.94. The lowest BCUT2D eigenvalue weighted by atomic mass is 10.0. The molecular formula is C14H19NO3S. The maximum atomic E-state index is 11.7. The third kappa shape index (κ3) is 4.21. The lowest BCUT2D eigenvalue weighted by Gasteiger charge is -2.24. The van der Waals surface area contributed by atoms with Gasteiger partial charge in [-0.1, -0.05) is 36.4 Å². The number of amides is 1. The van der Waals surface area contributed by atoms with Gasteiger partial charge in [-0.15, -0.1) is 0 Å². The molecule has 0 saturated heterocycles. The highest BCUT2D eigenvalue weighted by molar-refractivity contribution is 7.91. The first kappa shape index (κ1) is 15.4. The predicted molar refractivity (Wildman–Crippen MR) is 76.6 cm³/mol. The zero-order valence-corrected chi connectivity index (χ0v) is 12.2. The molecule has 104 valence electrons. The van der Waals surface area contributed by atoms with Gasteiger partial charge in [0.25, 0.3) is 0 Å². The number of aryl methyl sites for hydroxylation is 1. The van der Waals surface area contributed by atoms with Gasteiger partial charge in [-0.3, -0.25) is 4.79 Å². The van der Waals surface area contributed by atoms with Crippen LogP contribution in [-0.2, 0) is 14.6 Å². The van der Waals surface area contributed by atoms with E-state index in [2.05, 4.69) is 11.9 Å². The van der Waals surface area contributed by atoms with Gasteiger partial charge in [-0.2, -0.15) is 0 Å². The zero-order valence-electron chi connectivity index (χ0n) is 11.4. The Balaban J connectivity index is 3.15. The van der Waals surface area contributed by atoms with Crippen molar-refractivity contribution in [3.63, 3.8) is 0 Å². The monoisotopic (exact) mass is 281 g/mol. The Morgan fingerprint density at radius 1 is 1.32 bits per heavy atom. The summed E-state index contributed by atoms with van der Waals surface area (Å²) in [6, 6.07) is 6.84. The summed E-state index contributed by atoms with van der Waals surface area (Å²) in [5.74, 6) is -0.388. The van der Waals surface area contributed by atoms with Gasteiger partial charge in [-0.05, 0) is 25.5 Å². The fourth-order valence-electron chi connectivity index (χ4n) is 1.70. The number of sulfone groups is 1. The van der Waals surface area contributed by atoms with E-state index in [4.69, 9.17) is 0 Å². The van der Waals surface area contributed by atoms with E-state index in [1.54, 1.807) is 6.92 Å². The Bertz CT molecular complexity index is 561. The molecular weight excluding hydrogens is 262 g/mol. The maximum Gasteiger partial charge on any atom is 0.243 e. The van der Waals surface area contributed by atoms with E-state index >= 15 is 0 Å². The lowest BCUT2D eigenvalue weighted by molar-refractivity contribution is -0.117. The van der Waals surface area contributed by atoms with Crippen LogP contribution in [0.2, 0.25) is 0 Å². The van der Waals surface area contributed by atoms with Crippen molar-refractivity contribution in [2.24, 2.45) is 0 Å². The molecule has 0 aliphatic heterocycles. The van der Waals surface area contributed by atoms with Crippen molar-refractivity contribution in [3.05, 3.63) is 48.0 Å². The van der Waals surface area contributed by atoms with Crippen LogP contribution in [0.25, 0.3) is 0 Å². The highest BCUT2D eigenvalue weighted by Gasteiger charge is 2.28. The Labute approximate surface area is 114 Å². The fraction of sp³-hybridized carbons (Fsp3) is 0.357. The number of carbonyl (C=O) groups excluding carboxylic acids is 1. The van der Waals surface area contributed by atoms with Crippen LogP contribution in [0.5, 0.6) is 0 Å². The van der Waals surface area contributed by atoms with Crippen LogP contribution in [0.4, 0.5) is 0 Å². The molecule has 0 aromatic heterocycles. The van der Waals surface area contributed by atoms with Crippen LogP contribution in [-0.4, -0.2) is 25.8 Å². The standard InChI is InChI=1S/C14H19NO3S/c1-5-13(16)15-14(11(3)19(4,17)18)12-8-6-10(2)7-9-12/h5-9,11,14H,1H2,2-4H3,(H,15,16). The summed E-state index contributed by atoms with van der Waals surface area (Å²) in [5, 5.41) is 1.96. The van der Waals surface area contributed by atoms with Crippen molar-refractivity contribution in [1.29, 1.82) is 0 Å². The molecule has 0 bridgehead atoms. The van der Waals surface area contributed by atoms with Gasteiger partial charge in [0.05, 0.1) is 11.3 Å². The molecule has 0 spiro atoms. The van der Waals surface area contributed by atoms with Crippen LogP contribution < -0.4 is 5.32 Å². The van der Waals surface area contributed by atoms with Crippen molar-refractivity contribution >= 4 is 15.7 Å². The van der Waals surface area contributed by atoms with Gasteiger partial charge in [0.15, 0.2) is 9.84 Å². The number of hydrogen-bond donors (Lipinski definition) is 1. The van der Waals surface area contributed by atoms with E-state index in [-0.39, 0.29) is 5.91 Å². The summed E-state index contributed by atoms with van der Waals surface area (Å²) in [7, 11) is -3.26. The lowest BCUT2D eigenvalue weighted by Crippen LogP contribution is -2.37. The van der Waals surface area contributed by atoms with Crippen molar-refractivity contribution in [3.8, 4) is 0 Å². The van der Waals surface area contributed by atoms with Gasteiger partial charge in [0.2, 0.25) is 5.91 Å². The minimum atomic E-state index is -3.26. The van der Waals surface area contributed by atoms with Crippen molar-refractivity contribution in [2.45, 2.75) is 25.1 Å². The van der Waals surface area contributed by atoms with E-state index in [0.29, 0.717) is 0 Å². The smallest absolute Gasteiger partial charge is 0.243 e. The molecule has 0 aliphatic rings. The van der Waals surface area contributed by atoms with E-state index in [9.17, 15) is 13.2 Å². The molecule has 0 aliphatic carbocycles. The molecule has 2 atom stereocenters. The van der Waals surface area contributed by atoms with Crippen molar-refractivity contribution in [2.75, 3.05) is 6.26 Å². The molecule has 1 aromatic rings. The second-order valence-electron chi connectivity index (χ2n) is 4.64. The second-order valence-corrected chi connectivity index (χ2v) is 7.04. The number of carbonyl (C=O) groups is 1. The van der Waals surface area contributed by atoms with E-state index in [1.807, 2.05) is 31.2 Å². The topological polar surface area (TPSA) is 63.2 Å². The quantitative estimate of drug-likeness (QED) is 0.837. The SMILES string of the molecule is C=CC(=O)NC(c1ccc(C)cc1)C(C)S(C)(=O)=O. The minimum Gasteiger partial charge on any atom is -0.344 e. The first-order chi connectivity index (χ1) is 8.75. The molecule has 0 fully saturated rings. The number of hydrogen-bond acceptors (Lipinski definition) is 3. The molecule has 2 unspecified atom stereocenters. The summed E-state index contributed by atoms with van der Waals surface area (Å²) >= 11 is 0. The fourth-order valence-corrected chi connectivity index (χ4v) is 2.42. The Morgan fingerprint density at radius 2 is 1.84 bits per heavy atom. The third-order valence-electron chi connectivity index (χ3n) is 3.06. The number of benzene rings is 1. The van der Waals surface area contributed by atoms with Crippen LogP contribution >= 0.6 is 0 Å². The highest BCUT2D eigenvalue weighted by atomic mass is 32.2. The maximum absolute atomic E-state index is 11.7. The van der Waals surface area contributed by atoms with Crippen LogP contribution in [0.1, 0.15) is 24.1 Å². The summed E-state index contributed by atoms with van der Waals surface area (Å²) in [6.45, 7) is 6.91. The van der Waals surface area contributed by atoms with Crippen LogP contribution in [0, 0.1) is 6.92 Å². The molecule has 1 rings (SSSR count). The summed E-state index contributed by atoms with van der Waals surface area (Å²) in [6.07, 6.45) is 2.30. The van der Waals surface area contributed by atoms with Gasteiger partial charge < -0.3 is 5.32 Å². The van der Waals surface area contributed by atoms with Gasteiger partial charge in [0, 0.05) is 6.26 Å². The Morgan fingerprint density at radius 3 is 2.26 bits per heavy atom. The minimum absolute atomic E-state index is 0.388. The van der Waals surface area contributed by atoms with E-state index < -0.39 is 21.1 Å². The van der Waals surface area contributed by atoms with Gasteiger partial charge in [-0.25, -0.2) is 8.42 Å². The van der Waals surface area contributed by atoms with Crippen LogP contribution in [0.15, 0.2) is 36.9 Å². The van der Waals surface area contributed by atoms with Crippen molar-refractivity contribution < 1.29 is 13.2 Å². The summed E-state index contributed by atoms with van der Waals surface area (Å²) < 4.78 is 23.4. The Hall–Kier alpha value is -1.62. The predicted octanol–water partition coefficient (Wildman–Crippen LogP) is 1.77. The largest absolute Gasteiger partial charge is 0.344 e. The van der Waals surface area contributed by atoms with Gasteiger partial charge in [0.1, 0.15) is 0 Å². The molecule has 0 saturated carbocycles. The van der Waals surface area contributed by atoms with E-state index in [1.165, 1.54) is 6.26 Å². The summed E-state index contributed by atoms with van der Waals surface area (Å²) in [5.41, 5.74) is 1.84. The highest BCUT2D eigenvalue weighted by Crippen LogP contribution is 2.22. The third-order valence-corrected chi connectivity index (χ3v) is 4.69. The molecule has 1 amide bonds. The Kier molecular flexibility index (Phi) is 4.89. The van der Waals surface area contributed by atoms with E-state index in [0.717, 1.165) is 17.2 Å². The molecule has 1 aromatic carbocycles. The average molecular weight is 281 g/mol. The number of nitrogens with one attached hydrogen (secondary N) is 1. The molecule has 1 N–H and O–H groups in total. The molecule has 0 radical (unpaired) electrons. The van der Waals surface area contributed by atoms with Crippen LogP contribution in [0.3, 0.4) is 0 Å². The molecule has 0 heterocycles. The summed E-state index contributed by atoms with van der Waals surface area (Å²) in [4.78, 5) is 11.5. The number of rotatable bonds is 5. The molecule has 19 heavy (non-hydrogen) atoms. The van der Waals surface area contributed by atoms with Crippen molar-refractivity contribution in [1.82, 2.24) is 5.32 Å². The normalized spacial score (nSPS) is 14.5.